The van der Waals surface area contributed by atoms with E-state index in [4.69, 9.17) is 211 Å². The lowest BCUT2D eigenvalue weighted by molar-refractivity contribution is -0.905. The van der Waals surface area contributed by atoms with Crippen LogP contribution in [0.15, 0.2) is 225 Å². The van der Waals surface area contributed by atoms with Crippen molar-refractivity contribution in [2.75, 3.05) is 0 Å². The monoisotopic (exact) mass is 1800 g/mol. The predicted octanol–water partition coefficient (Wildman–Crippen LogP) is -16.3. The normalized spacial score (nSPS) is 9.84. The first kappa shape index (κ1) is 111. The van der Waals surface area contributed by atoms with Crippen molar-refractivity contribution in [2.24, 2.45) is 0 Å². The van der Waals surface area contributed by atoms with E-state index in [0.29, 0.717) is 0 Å². The molecule has 114 heavy (non-hydrogen) atoms. The van der Waals surface area contributed by atoms with Gasteiger partial charge in [0.25, 0.3) is 0 Å². The molecule has 24 N–H and O–H groups in total. The van der Waals surface area contributed by atoms with Gasteiger partial charge in [0.2, 0.25) is 0 Å². The average Bonchev–Trinajstić information content (AvgIpc) is 1.92. The quantitative estimate of drug-likeness (QED) is 0.0290. The first-order valence-electron chi connectivity index (χ1n) is 25.5. The summed E-state index contributed by atoms with van der Waals surface area (Å²) in [6.45, 7) is 0. The van der Waals surface area contributed by atoms with Gasteiger partial charge in [-0.1, -0.05) is 114 Å². The smallest absolute Gasteiger partial charge is 0.322 e. The topological polar surface area (TPSA) is 970 Å². The molecule has 0 fully saturated rings. The minimum Gasteiger partial charge on any atom is -0.786 e. The van der Waals surface area contributed by atoms with Crippen LogP contribution in [-0.4, -0.2) is 182 Å². The van der Waals surface area contributed by atoms with E-state index in [1.807, 2.05) is 0 Å². The SMILES string of the molecule is O=P([O-])([O-])F.O=P([O-])([O-])F.O=P([O-])([O-])F.O=P([O-])([O-])F.O=P([O-])([O-])F.O=P([O-])([O-])F.On1cc[n+](O)c1.On1cc[n+](O)c1.On1cc[n+](O)c1.On1cc[n+](O)c1.On1cc[n+](O)c1.On1cc[n+](O)c1.On1cc[n+](O)c1.On1cc[n+](O)c1.On1cc[n+](O)c1.On1cc[n+](O)c1.On1cc[n+](O)c1.On1cc[n+](O)c1. The fourth-order valence-electron chi connectivity index (χ4n) is 4.02. The van der Waals surface area contributed by atoms with Crippen molar-refractivity contribution in [2.45, 2.75) is 0 Å². The molecule has 0 saturated carbocycles. The summed E-state index contributed by atoms with van der Waals surface area (Å²) in [6, 6.07) is 0. The third-order valence-corrected chi connectivity index (χ3v) is 7.30. The van der Waals surface area contributed by atoms with Crippen LogP contribution in [0.2, 0.25) is 0 Å². The van der Waals surface area contributed by atoms with E-state index >= 15 is 0 Å². The molecule has 648 valence electrons. The van der Waals surface area contributed by atoms with Gasteiger partial charge in [0.1, 0.15) is 47.4 Å². The standard InChI is InChI=1S/12C3H5N2O2.6FH2O3P/c12*6-4-1-2-5(7)3-4;6*1-5(2,3)4/h12*1-3,6-7H;6*(H2,2,3,4)/q12*+1;;;;;;/p-12. The van der Waals surface area contributed by atoms with Gasteiger partial charge in [-0.15, -0.1) is 0 Å². The Hall–Kier alpha value is -13.8. The van der Waals surface area contributed by atoms with E-state index in [1.54, 1.807) is 0 Å². The van der Waals surface area contributed by atoms with Crippen LogP contribution in [0.3, 0.4) is 0 Å². The van der Waals surface area contributed by atoms with Crippen LogP contribution < -0.4 is 115 Å². The first-order chi connectivity index (χ1) is 51.5. The Bertz CT molecular complexity index is 3490. The maximum atomic E-state index is 10.1. The van der Waals surface area contributed by atoms with Crippen LogP contribution >= 0.6 is 47.4 Å². The van der Waals surface area contributed by atoms with Gasteiger partial charge in [-0.25, -0.2) is 25.2 Å². The van der Waals surface area contributed by atoms with Crippen molar-refractivity contribution in [1.82, 2.24) is 56.8 Å². The van der Waals surface area contributed by atoms with Crippen LogP contribution in [0, 0.1) is 0 Å². The van der Waals surface area contributed by atoms with E-state index in [2.05, 4.69) is 0 Å². The fraction of sp³-hybridized carbons (Fsp3) is 0. The minimum absolute atomic E-state index is 0.750. The molecule has 0 aromatic carbocycles. The summed E-state index contributed by atoms with van der Waals surface area (Å²) in [7, 11) is -33.8. The molecular weight excluding hydrogens is 1740 g/mol. The zero-order valence-electron chi connectivity index (χ0n) is 54.6. The van der Waals surface area contributed by atoms with Gasteiger partial charge in [0.15, 0.2) is 149 Å². The molecule has 0 saturated heterocycles. The summed E-state index contributed by atoms with van der Waals surface area (Å²) in [6.07, 6.45) is 44.7. The predicted molar refractivity (Wildman–Crippen MR) is 280 cm³/mol. The maximum absolute atomic E-state index is 10.1. The molecule has 12 heterocycles. The van der Waals surface area contributed by atoms with E-state index in [0.717, 1.165) is 189 Å². The van der Waals surface area contributed by atoms with Crippen molar-refractivity contribution in [3.63, 3.8) is 0 Å². The van der Waals surface area contributed by atoms with E-state index in [-0.39, 0.29) is 0 Å². The van der Waals surface area contributed by atoms with Crippen molar-refractivity contribution in [1.29, 1.82) is 0 Å². The second kappa shape index (κ2) is 56.4. The molecule has 66 nitrogen and oxygen atoms in total. The zero-order valence-corrected chi connectivity index (χ0v) is 59.9. The Morgan fingerprint density at radius 2 is 0.211 bits per heavy atom. The molecule has 78 heteroatoms. The molecule has 12 aromatic heterocycles. The van der Waals surface area contributed by atoms with Gasteiger partial charge >= 0.3 is 75.9 Å². The number of nitrogens with zero attached hydrogens (tertiary/aromatic N) is 24. The molecule has 0 radical (unpaired) electrons. The molecule has 0 aliphatic heterocycles. The van der Waals surface area contributed by atoms with Crippen molar-refractivity contribution < 1.29 is 293 Å². The highest BCUT2D eigenvalue weighted by Gasteiger charge is 2.01. The summed E-state index contributed by atoms with van der Waals surface area (Å²) < 4.78 is 129. The maximum Gasteiger partial charge on any atom is 0.322 e. The average molecular weight is 1800 g/mol. The molecule has 0 atom stereocenters. The molecule has 0 aliphatic rings. The third kappa shape index (κ3) is 105. The largest absolute Gasteiger partial charge is 0.786 e. The second-order valence-electron chi connectivity index (χ2n) is 16.7. The molecular formula is C36H60F6N24O42P6. The van der Waals surface area contributed by atoms with Gasteiger partial charge < -0.3 is 211 Å². The Balaban J connectivity index is -0.000000271. The molecule has 0 spiro atoms. The lowest BCUT2D eigenvalue weighted by Gasteiger charge is -2.15. The van der Waals surface area contributed by atoms with Crippen LogP contribution in [0.4, 0.5) is 25.2 Å². The van der Waals surface area contributed by atoms with Gasteiger partial charge in [-0.3, -0.25) is 0 Å². The summed E-state index contributed by atoms with van der Waals surface area (Å²) in [5, 5.41) is 201. The van der Waals surface area contributed by atoms with Crippen LogP contribution in [0.25, 0.3) is 0 Å². The summed E-state index contributed by atoms with van der Waals surface area (Å²) in [5.41, 5.74) is 0. The number of hydrogen-bond donors (Lipinski definition) is 24. The molecule has 12 rings (SSSR count). The summed E-state index contributed by atoms with van der Waals surface area (Å²) >= 11 is 0. The van der Waals surface area contributed by atoms with Crippen LogP contribution in [0.5, 0.6) is 0 Å². The van der Waals surface area contributed by atoms with Crippen molar-refractivity contribution >= 4 is 47.4 Å². The number of halogens is 6. The Morgan fingerprint density at radius 3 is 0.219 bits per heavy atom. The lowest BCUT2D eigenvalue weighted by Crippen LogP contribution is -2.25. The summed E-state index contributed by atoms with van der Waals surface area (Å²) in [4.78, 5) is 101. The van der Waals surface area contributed by atoms with Gasteiger partial charge in [-0.2, -0.15) is 0 Å². The summed E-state index contributed by atoms with van der Waals surface area (Å²) in [5.74, 6) is 0. The fourth-order valence-corrected chi connectivity index (χ4v) is 4.02. The van der Waals surface area contributed by atoms with Gasteiger partial charge in [-0.05, 0) is 0 Å². The van der Waals surface area contributed by atoms with E-state index < -0.39 is 47.4 Å². The van der Waals surface area contributed by atoms with Crippen molar-refractivity contribution in [3.8, 4) is 0 Å². The highest BCUT2D eigenvalue weighted by Crippen LogP contribution is 2.24. The Labute approximate surface area is 620 Å². The van der Waals surface area contributed by atoms with Crippen LogP contribution in [0.1, 0.15) is 0 Å². The first-order valence-corrected chi connectivity index (χ1v) is 34.1. The van der Waals surface area contributed by atoms with Crippen molar-refractivity contribution in [3.05, 3.63) is 225 Å². The lowest BCUT2D eigenvalue weighted by atomic mass is 11.0. The van der Waals surface area contributed by atoms with E-state index in [9.17, 15) is 25.2 Å². The highest BCUT2D eigenvalue weighted by atomic mass is 31.2. The third-order valence-electron chi connectivity index (χ3n) is 7.30. The molecule has 12 aromatic rings. The Kier molecular flexibility index (Phi) is 55.0. The molecule has 0 unspecified atom stereocenters. The van der Waals surface area contributed by atoms with Gasteiger partial charge in [0.05, 0.1) is 0 Å². The molecule has 0 amide bonds. The van der Waals surface area contributed by atoms with Gasteiger partial charge in [0, 0.05) is 0 Å². The number of imidazole rings is 12. The Morgan fingerprint density at radius 1 is 0.167 bits per heavy atom. The second-order valence-corrected chi connectivity index (χ2v) is 21.8. The van der Waals surface area contributed by atoms with Crippen LogP contribution in [-0.2, 0) is 27.4 Å². The van der Waals surface area contributed by atoms with E-state index in [1.165, 1.54) is 149 Å². The molecule has 0 aliphatic carbocycles. The number of aromatic nitrogens is 24. The number of hydrogen-bond acceptors (Lipinski definition) is 42. The molecule has 0 bridgehead atoms. The minimum atomic E-state index is -5.64. The zero-order chi connectivity index (χ0) is 90.3. The number of rotatable bonds is 0. The highest BCUT2D eigenvalue weighted by molar-refractivity contribution is 7.43.